The second-order valence-corrected chi connectivity index (χ2v) is 12.1. The maximum atomic E-state index is 14.0. The molecular weight excluding hydrogens is 578 g/mol. The zero-order valence-electron chi connectivity index (χ0n) is 25.0. The van der Waals surface area contributed by atoms with Crippen LogP contribution >= 0.6 is 24.8 Å². The highest BCUT2D eigenvalue weighted by molar-refractivity contribution is 5.96. The molecule has 0 N–H and O–H groups in total. The minimum Gasteiger partial charge on any atom is -0.381 e. The van der Waals surface area contributed by atoms with E-state index in [9.17, 15) is 14.0 Å². The third kappa shape index (κ3) is 7.62. The molecule has 10 heteroatoms. The molecular formula is C32H45Cl2FN4O3. The molecule has 0 spiro atoms. The highest BCUT2D eigenvalue weighted by atomic mass is 35.5. The van der Waals surface area contributed by atoms with Gasteiger partial charge in [0.25, 0.3) is 5.91 Å². The van der Waals surface area contributed by atoms with Gasteiger partial charge in [0.05, 0.1) is 11.3 Å². The van der Waals surface area contributed by atoms with Crippen LogP contribution in [0.15, 0.2) is 36.5 Å². The number of carbonyl (C=O) groups excluding carboxylic acids is 2. The van der Waals surface area contributed by atoms with Gasteiger partial charge < -0.3 is 14.5 Å². The van der Waals surface area contributed by atoms with Crippen LogP contribution in [0.5, 0.6) is 0 Å². The van der Waals surface area contributed by atoms with Crippen molar-refractivity contribution in [3.05, 3.63) is 64.7 Å². The molecule has 1 aromatic carbocycles. The van der Waals surface area contributed by atoms with E-state index in [-0.39, 0.29) is 59.9 Å². The summed E-state index contributed by atoms with van der Waals surface area (Å²) >= 11 is 0. The van der Waals surface area contributed by atoms with Gasteiger partial charge in [-0.2, -0.15) is 0 Å². The van der Waals surface area contributed by atoms with E-state index < -0.39 is 0 Å². The fraction of sp³-hybridized carbons (Fsp3) is 0.594. The number of aryl methyl sites for hydroxylation is 2. The van der Waals surface area contributed by atoms with Crippen molar-refractivity contribution in [3.8, 4) is 0 Å². The standard InChI is InChI=1S/C32H43FN4O3.2ClH/c1-23-7-14-34-24(2)29(23)31(39)35-17-12-32(3,13-18-35)36-15-8-28(9-16-36)37(22-25-5-4-6-27(33)21-25)30(38)26-10-19-40-20-11-26;;/h4-7,14,21,26,28H,8-13,15-20,22H2,1-3H3;2*1H. The third-order valence-electron chi connectivity index (χ3n) is 9.45. The predicted octanol–water partition coefficient (Wildman–Crippen LogP) is 5.60. The Bertz CT molecular complexity index is 1190. The molecule has 0 bridgehead atoms. The minimum atomic E-state index is -0.266. The van der Waals surface area contributed by atoms with E-state index in [0.29, 0.717) is 19.8 Å². The van der Waals surface area contributed by atoms with E-state index in [1.54, 1.807) is 18.3 Å². The van der Waals surface area contributed by atoms with Crippen LogP contribution < -0.4 is 0 Å². The summed E-state index contributed by atoms with van der Waals surface area (Å²) in [7, 11) is 0. The van der Waals surface area contributed by atoms with E-state index in [0.717, 1.165) is 87.1 Å². The van der Waals surface area contributed by atoms with Crippen molar-refractivity contribution >= 4 is 36.6 Å². The molecule has 5 rings (SSSR count). The molecule has 1 aromatic heterocycles. The number of piperidine rings is 2. The van der Waals surface area contributed by atoms with E-state index in [4.69, 9.17) is 4.74 Å². The van der Waals surface area contributed by atoms with Gasteiger partial charge in [-0.3, -0.25) is 19.5 Å². The number of pyridine rings is 1. The number of rotatable bonds is 6. The molecule has 232 valence electrons. The SMILES string of the molecule is Cc1ccnc(C)c1C(=O)N1CCC(C)(N2CCC(N(Cc3cccc(F)c3)C(=O)C3CCOCC3)CC2)CC1.Cl.Cl. The fourth-order valence-corrected chi connectivity index (χ4v) is 6.80. The van der Waals surface area contributed by atoms with Crippen LogP contribution in [0.2, 0.25) is 0 Å². The van der Waals surface area contributed by atoms with Crippen molar-refractivity contribution in [2.24, 2.45) is 5.92 Å². The molecule has 42 heavy (non-hydrogen) atoms. The second kappa shape index (κ2) is 15.0. The first-order valence-corrected chi connectivity index (χ1v) is 14.8. The molecule has 2 amide bonds. The summed E-state index contributed by atoms with van der Waals surface area (Å²) in [5.74, 6) is -0.0160. The zero-order chi connectivity index (χ0) is 28.3. The lowest BCUT2D eigenvalue weighted by molar-refractivity contribution is -0.143. The topological polar surface area (TPSA) is 66.0 Å². The van der Waals surface area contributed by atoms with Crippen LogP contribution in [0.4, 0.5) is 4.39 Å². The molecule has 0 atom stereocenters. The number of hydrogen-bond donors (Lipinski definition) is 0. The second-order valence-electron chi connectivity index (χ2n) is 12.1. The largest absolute Gasteiger partial charge is 0.381 e. The number of aromatic nitrogens is 1. The minimum absolute atomic E-state index is 0. The van der Waals surface area contributed by atoms with Gasteiger partial charge in [0.15, 0.2) is 0 Å². The van der Waals surface area contributed by atoms with Gasteiger partial charge in [0.2, 0.25) is 5.91 Å². The number of benzene rings is 1. The number of carbonyl (C=O) groups is 2. The van der Waals surface area contributed by atoms with E-state index in [1.165, 1.54) is 6.07 Å². The van der Waals surface area contributed by atoms with Crippen molar-refractivity contribution in [2.45, 2.75) is 77.4 Å². The fourth-order valence-electron chi connectivity index (χ4n) is 6.80. The Kier molecular flexibility index (Phi) is 12.2. The van der Waals surface area contributed by atoms with Gasteiger partial charge in [0, 0.05) is 69.6 Å². The van der Waals surface area contributed by atoms with Crippen molar-refractivity contribution in [3.63, 3.8) is 0 Å². The first-order chi connectivity index (χ1) is 19.2. The summed E-state index contributed by atoms with van der Waals surface area (Å²) in [5.41, 5.74) is 3.37. The molecule has 2 aromatic rings. The molecule has 0 radical (unpaired) electrons. The summed E-state index contributed by atoms with van der Waals surface area (Å²) < 4.78 is 19.5. The van der Waals surface area contributed by atoms with Crippen LogP contribution in [0.25, 0.3) is 0 Å². The third-order valence-corrected chi connectivity index (χ3v) is 9.45. The van der Waals surface area contributed by atoms with Gasteiger partial charge in [-0.1, -0.05) is 12.1 Å². The highest BCUT2D eigenvalue weighted by Crippen LogP contribution is 2.34. The van der Waals surface area contributed by atoms with Gasteiger partial charge in [-0.15, -0.1) is 24.8 Å². The van der Waals surface area contributed by atoms with Crippen molar-refractivity contribution < 1.29 is 18.7 Å². The maximum absolute atomic E-state index is 14.0. The summed E-state index contributed by atoms with van der Waals surface area (Å²) in [5, 5.41) is 0. The van der Waals surface area contributed by atoms with Crippen LogP contribution in [0, 0.1) is 25.6 Å². The highest BCUT2D eigenvalue weighted by Gasteiger charge is 2.41. The normalized spacial score (nSPS) is 19.9. The van der Waals surface area contributed by atoms with Gasteiger partial charge in [-0.25, -0.2) is 4.39 Å². The Balaban J connectivity index is 0.00000242. The van der Waals surface area contributed by atoms with Crippen LogP contribution in [0.1, 0.15) is 72.6 Å². The van der Waals surface area contributed by atoms with E-state index >= 15 is 0 Å². The Labute approximate surface area is 262 Å². The lowest BCUT2D eigenvalue weighted by Gasteiger charge is -2.50. The number of hydrogen-bond acceptors (Lipinski definition) is 5. The Hall–Kier alpha value is -2.26. The molecule has 0 saturated carbocycles. The summed E-state index contributed by atoms with van der Waals surface area (Å²) in [6, 6.07) is 8.67. The zero-order valence-corrected chi connectivity index (χ0v) is 26.7. The molecule has 3 aliphatic heterocycles. The monoisotopic (exact) mass is 622 g/mol. The first-order valence-electron chi connectivity index (χ1n) is 14.8. The lowest BCUT2D eigenvalue weighted by atomic mass is 9.85. The molecule has 7 nitrogen and oxygen atoms in total. The van der Waals surface area contributed by atoms with Crippen LogP contribution in [-0.2, 0) is 16.1 Å². The average molecular weight is 624 g/mol. The van der Waals surface area contributed by atoms with Crippen molar-refractivity contribution in [2.75, 3.05) is 39.4 Å². The predicted molar refractivity (Wildman–Crippen MR) is 167 cm³/mol. The number of halogens is 3. The number of likely N-dealkylation sites (tertiary alicyclic amines) is 2. The summed E-state index contributed by atoms with van der Waals surface area (Å²) in [6.45, 7) is 11.2. The van der Waals surface area contributed by atoms with Gasteiger partial charge in [0.1, 0.15) is 5.82 Å². The Morgan fingerprint density at radius 3 is 2.31 bits per heavy atom. The lowest BCUT2D eigenvalue weighted by Crippen LogP contribution is -2.58. The molecule has 3 fully saturated rings. The summed E-state index contributed by atoms with van der Waals surface area (Å²) in [4.78, 5) is 38.0. The maximum Gasteiger partial charge on any atom is 0.255 e. The van der Waals surface area contributed by atoms with Crippen molar-refractivity contribution in [1.29, 1.82) is 0 Å². The van der Waals surface area contributed by atoms with E-state index in [2.05, 4.69) is 16.8 Å². The van der Waals surface area contributed by atoms with E-state index in [1.807, 2.05) is 35.8 Å². The number of nitrogens with zero attached hydrogens (tertiary/aromatic N) is 4. The Morgan fingerprint density at radius 2 is 1.69 bits per heavy atom. The molecule has 0 aliphatic carbocycles. The summed E-state index contributed by atoms with van der Waals surface area (Å²) in [6.07, 6.45) is 6.92. The van der Waals surface area contributed by atoms with Gasteiger partial charge >= 0.3 is 0 Å². The van der Waals surface area contributed by atoms with Gasteiger partial charge in [-0.05, 0) is 88.6 Å². The Morgan fingerprint density at radius 1 is 1.02 bits per heavy atom. The molecule has 3 aliphatic rings. The molecule has 0 unspecified atom stereocenters. The first kappa shape index (κ1) is 34.2. The average Bonchev–Trinajstić information content (AvgIpc) is 2.96. The molecule has 4 heterocycles. The number of ether oxygens (including phenoxy) is 1. The molecule has 3 saturated heterocycles. The van der Waals surface area contributed by atoms with Crippen molar-refractivity contribution in [1.82, 2.24) is 19.7 Å². The smallest absolute Gasteiger partial charge is 0.255 e. The number of amides is 2. The quantitative estimate of drug-likeness (QED) is 0.420. The van der Waals surface area contributed by atoms with Crippen LogP contribution in [-0.4, -0.2) is 82.5 Å². The van der Waals surface area contributed by atoms with Crippen LogP contribution in [0.3, 0.4) is 0 Å².